The number of carbonyl (C=O) groups excluding carboxylic acids is 5. The summed E-state index contributed by atoms with van der Waals surface area (Å²) in [6.45, 7) is 3.75. The lowest BCUT2D eigenvalue weighted by Gasteiger charge is -2.57. The van der Waals surface area contributed by atoms with Crippen LogP contribution in [-0.4, -0.2) is 64.2 Å². The number of aliphatic carboxylic acids is 1. The first-order valence-electron chi connectivity index (χ1n) is 16.0. The number of hydrogen-bond donors (Lipinski definition) is 3. The Kier molecular flexibility index (Phi) is 8.73. The molecule has 0 aliphatic heterocycles. The number of carboxylic acid groups (broad SMARTS) is 1. The summed E-state index contributed by atoms with van der Waals surface area (Å²) >= 11 is 0. The number of nitrogens with one attached hydrogen (secondary N) is 1. The maximum Gasteiger partial charge on any atom is 0.306 e. The van der Waals surface area contributed by atoms with Crippen LogP contribution in [0.1, 0.15) is 97.3 Å². The van der Waals surface area contributed by atoms with E-state index in [9.17, 15) is 33.9 Å². The lowest BCUT2D eigenvalue weighted by Crippen LogP contribution is -2.61. The van der Waals surface area contributed by atoms with Crippen molar-refractivity contribution in [3.63, 3.8) is 0 Å². The molecule has 5 aliphatic rings. The summed E-state index contributed by atoms with van der Waals surface area (Å²) in [6, 6.07) is 0. The van der Waals surface area contributed by atoms with E-state index in [0.717, 1.165) is 31.3 Å². The summed E-state index contributed by atoms with van der Waals surface area (Å²) in [7, 11) is 0. The van der Waals surface area contributed by atoms with E-state index in [1.165, 1.54) is 0 Å². The molecule has 0 unspecified atom stereocenters. The van der Waals surface area contributed by atoms with Crippen molar-refractivity contribution in [3.05, 3.63) is 11.6 Å². The lowest BCUT2D eigenvalue weighted by atomic mass is 9.46. The Morgan fingerprint density at radius 1 is 0.977 bits per heavy atom. The first kappa shape index (κ1) is 31.5. The topological polar surface area (TPSA) is 164 Å². The van der Waals surface area contributed by atoms with Gasteiger partial charge < -0.3 is 20.3 Å². The van der Waals surface area contributed by atoms with Gasteiger partial charge in [-0.05, 0) is 87.0 Å². The van der Waals surface area contributed by atoms with Crippen molar-refractivity contribution < 1.29 is 43.7 Å². The number of fused-ring (bicyclic) bond motifs is 5. The van der Waals surface area contributed by atoms with Crippen molar-refractivity contribution in [1.29, 1.82) is 0 Å². The van der Waals surface area contributed by atoms with Gasteiger partial charge in [0.2, 0.25) is 11.7 Å². The predicted molar refractivity (Wildman–Crippen MR) is 153 cm³/mol. The van der Waals surface area contributed by atoms with Crippen molar-refractivity contribution in [1.82, 2.24) is 5.32 Å². The van der Waals surface area contributed by atoms with Crippen molar-refractivity contribution in [2.45, 2.75) is 103 Å². The van der Waals surface area contributed by atoms with Crippen LogP contribution in [0, 0.1) is 40.4 Å². The first-order valence-corrected chi connectivity index (χ1v) is 16.0. The smallest absolute Gasteiger partial charge is 0.306 e. The maximum absolute atomic E-state index is 13.8. The molecule has 10 heteroatoms. The summed E-state index contributed by atoms with van der Waals surface area (Å²) in [4.78, 5) is 75.0. The SMILES string of the molecule is C[C@]12CCC(=O)C=C1CC[C@@H]1[C@H]2C(=O)C[C@@]2(C)[C@H]1CC[C@]2(O)C(=O)COC(=O)CCC(=O)NCC1CCC(C(=O)O)CC1. The van der Waals surface area contributed by atoms with E-state index in [4.69, 9.17) is 9.84 Å². The molecule has 43 heavy (non-hydrogen) atoms. The number of carboxylic acids is 1. The van der Waals surface area contributed by atoms with Crippen molar-refractivity contribution >= 4 is 35.2 Å². The summed E-state index contributed by atoms with van der Waals surface area (Å²) in [5, 5.41) is 23.7. The Balaban J connectivity index is 1.12. The van der Waals surface area contributed by atoms with Crippen LogP contribution < -0.4 is 5.32 Å². The third-order valence-electron chi connectivity index (χ3n) is 12.0. The number of ketones is 3. The molecule has 3 N–H and O–H groups in total. The molecule has 4 fully saturated rings. The fourth-order valence-electron chi connectivity index (χ4n) is 9.36. The second kappa shape index (κ2) is 11.9. The highest BCUT2D eigenvalue weighted by atomic mass is 16.5. The number of hydrogen-bond acceptors (Lipinski definition) is 8. The quantitative estimate of drug-likeness (QED) is 0.337. The highest BCUT2D eigenvalue weighted by molar-refractivity contribution is 5.95. The van der Waals surface area contributed by atoms with Crippen LogP contribution in [0.5, 0.6) is 0 Å². The number of rotatable bonds is 9. The highest BCUT2D eigenvalue weighted by Crippen LogP contribution is 2.66. The van der Waals surface area contributed by atoms with E-state index < -0.39 is 35.3 Å². The second-order valence-corrected chi connectivity index (χ2v) is 14.2. The van der Waals surface area contributed by atoms with Gasteiger partial charge in [0.25, 0.3) is 0 Å². The molecule has 0 heterocycles. The molecular formula is C33H45NO9. The van der Waals surface area contributed by atoms with E-state index >= 15 is 0 Å². The molecule has 10 nitrogen and oxygen atoms in total. The highest BCUT2D eigenvalue weighted by Gasteiger charge is 2.68. The molecule has 5 aliphatic carbocycles. The number of aliphatic hydroxyl groups is 1. The van der Waals surface area contributed by atoms with Gasteiger partial charge in [0, 0.05) is 37.1 Å². The molecule has 0 spiro atoms. The van der Waals surface area contributed by atoms with Crippen LogP contribution in [-0.2, 0) is 33.5 Å². The Labute approximate surface area is 252 Å². The van der Waals surface area contributed by atoms with Gasteiger partial charge in [0.05, 0.1) is 12.3 Å². The monoisotopic (exact) mass is 599 g/mol. The molecule has 0 aromatic heterocycles. The lowest BCUT2D eigenvalue weighted by molar-refractivity contribution is -0.173. The summed E-state index contributed by atoms with van der Waals surface area (Å²) in [5.41, 5.74) is -2.04. The van der Waals surface area contributed by atoms with Gasteiger partial charge >= 0.3 is 11.9 Å². The van der Waals surface area contributed by atoms with E-state index in [1.807, 2.05) is 6.92 Å². The molecule has 0 aromatic carbocycles. The average Bonchev–Trinajstić information content (AvgIpc) is 3.24. The standard InChI is InChI=1S/C33H45NO9/c1-31-13-11-22(35)15-21(31)7-8-23-24-12-14-33(42,32(24,2)16-25(36)29(23)31)26(37)18-43-28(39)10-9-27(38)34-17-19-3-5-20(6-4-19)30(40)41/h15,19-20,23-24,29,42H,3-14,16-18H2,1-2H3,(H,34,38)(H,40,41)/t19?,20?,23-,24-,29-,31-,32-,33-/m0/s1. The van der Waals surface area contributed by atoms with Crippen LogP contribution in [0.4, 0.5) is 0 Å². The molecule has 0 aromatic rings. The third kappa shape index (κ3) is 5.71. The van der Waals surface area contributed by atoms with Crippen LogP contribution in [0.2, 0.25) is 0 Å². The molecule has 0 radical (unpaired) electrons. The van der Waals surface area contributed by atoms with Crippen LogP contribution in [0.15, 0.2) is 11.6 Å². The average molecular weight is 600 g/mol. The first-order chi connectivity index (χ1) is 20.3. The van der Waals surface area contributed by atoms with Crippen molar-refractivity contribution in [3.8, 4) is 0 Å². The zero-order valence-corrected chi connectivity index (χ0v) is 25.3. The van der Waals surface area contributed by atoms with E-state index in [2.05, 4.69) is 12.2 Å². The fraction of sp³-hybridized carbons (Fsp3) is 0.758. The molecule has 1 amide bonds. The number of allylic oxidation sites excluding steroid dienone is 1. The normalized spacial score (nSPS) is 38.7. The Morgan fingerprint density at radius 2 is 1.70 bits per heavy atom. The van der Waals surface area contributed by atoms with E-state index in [1.54, 1.807) is 6.08 Å². The number of Topliss-reactive ketones (excluding diaryl/α,β-unsaturated/α-hetero) is 2. The fourth-order valence-corrected chi connectivity index (χ4v) is 9.36. The van der Waals surface area contributed by atoms with E-state index in [0.29, 0.717) is 38.6 Å². The minimum atomic E-state index is -1.78. The Bertz CT molecular complexity index is 1230. The Hall–Kier alpha value is -2.88. The van der Waals surface area contributed by atoms with Gasteiger partial charge in [-0.2, -0.15) is 0 Å². The number of esters is 1. The van der Waals surface area contributed by atoms with Gasteiger partial charge in [-0.25, -0.2) is 0 Å². The summed E-state index contributed by atoms with van der Waals surface area (Å²) in [6.07, 6.45) is 7.54. The van der Waals surface area contributed by atoms with Crippen LogP contribution >= 0.6 is 0 Å². The molecule has 4 saturated carbocycles. The zero-order chi connectivity index (χ0) is 31.2. The Morgan fingerprint density at radius 3 is 2.40 bits per heavy atom. The molecule has 5 rings (SSSR count). The summed E-state index contributed by atoms with van der Waals surface area (Å²) < 4.78 is 5.21. The molecular weight excluding hydrogens is 554 g/mol. The van der Waals surface area contributed by atoms with Crippen molar-refractivity contribution in [2.24, 2.45) is 40.4 Å². The van der Waals surface area contributed by atoms with Gasteiger partial charge in [-0.1, -0.05) is 19.4 Å². The van der Waals surface area contributed by atoms with Gasteiger partial charge in [0.15, 0.2) is 12.4 Å². The third-order valence-corrected chi connectivity index (χ3v) is 12.0. The molecule has 0 bridgehead atoms. The van der Waals surface area contributed by atoms with Crippen LogP contribution in [0.3, 0.4) is 0 Å². The van der Waals surface area contributed by atoms with Crippen LogP contribution in [0.25, 0.3) is 0 Å². The molecule has 6 atom stereocenters. The largest absolute Gasteiger partial charge is 0.481 e. The zero-order valence-electron chi connectivity index (χ0n) is 25.3. The number of carbonyl (C=O) groups is 6. The van der Waals surface area contributed by atoms with Gasteiger partial charge in [-0.3, -0.25) is 28.8 Å². The maximum atomic E-state index is 13.8. The molecule has 236 valence electrons. The second-order valence-electron chi connectivity index (χ2n) is 14.2. The number of ether oxygens (including phenoxy) is 1. The minimum Gasteiger partial charge on any atom is -0.481 e. The number of amides is 1. The van der Waals surface area contributed by atoms with Gasteiger partial charge in [-0.15, -0.1) is 0 Å². The minimum absolute atomic E-state index is 0.0247. The van der Waals surface area contributed by atoms with Gasteiger partial charge in [0.1, 0.15) is 11.4 Å². The van der Waals surface area contributed by atoms with E-state index in [-0.39, 0.29) is 78.2 Å². The predicted octanol–water partition coefficient (Wildman–Crippen LogP) is 3.33. The summed E-state index contributed by atoms with van der Waals surface area (Å²) in [5.74, 6) is -2.58. The van der Waals surface area contributed by atoms with Crippen molar-refractivity contribution in [2.75, 3.05) is 13.2 Å². The molecule has 0 saturated heterocycles.